The van der Waals surface area contributed by atoms with Crippen LogP contribution in [0.15, 0.2) is 18.3 Å². The molecule has 0 unspecified atom stereocenters. The fourth-order valence-corrected chi connectivity index (χ4v) is 3.33. The molecule has 0 aliphatic rings. The van der Waals surface area contributed by atoms with Crippen molar-refractivity contribution in [2.45, 2.75) is 91.6 Å². The van der Waals surface area contributed by atoms with Gasteiger partial charge in [0.1, 0.15) is 0 Å². The molecule has 160 valence electrons. The third-order valence-corrected chi connectivity index (χ3v) is 5.28. The van der Waals surface area contributed by atoms with Crippen LogP contribution >= 0.6 is 0 Å². The molecule has 5 heteroatoms. The molecule has 0 saturated carbocycles. The molecule has 1 aromatic heterocycles. The lowest BCUT2D eigenvalue weighted by Crippen LogP contribution is -2.46. The Morgan fingerprint density at radius 1 is 1.00 bits per heavy atom. The number of unbranched alkanes of at least 4 members (excludes halogenated alkanes) is 5. The van der Waals surface area contributed by atoms with Gasteiger partial charge < -0.3 is 14.4 Å². The summed E-state index contributed by atoms with van der Waals surface area (Å²) in [6, 6.07) is 4.09. The van der Waals surface area contributed by atoms with E-state index in [2.05, 4.69) is 13.8 Å². The SMILES string of the molecule is CCCCCCCC(=O)N(CC(=O)N(CCCC)Cc1cccn1C)C(C)C. The van der Waals surface area contributed by atoms with Crippen LogP contribution in [0.3, 0.4) is 0 Å². The Balaban J connectivity index is 2.68. The highest BCUT2D eigenvalue weighted by Crippen LogP contribution is 2.12. The van der Waals surface area contributed by atoms with E-state index in [9.17, 15) is 9.59 Å². The summed E-state index contributed by atoms with van der Waals surface area (Å²) in [4.78, 5) is 29.4. The zero-order valence-electron chi connectivity index (χ0n) is 18.7. The summed E-state index contributed by atoms with van der Waals surface area (Å²) in [7, 11) is 2.00. The maximum atomic E-state index is 13.0. The summed E-state index contributed by atoms with van der Waals surface area (Å²) < 4.78 is 2.05. The van der Waals surface area contributed by atoms with Crippen LogP contribution in [0.4, 0.5) is 0 Å². The number of hydrogen-bond acceptors (Lipinski definition) is 2. The minimum atomic E-state index is 0.0372. The second-order valence-electron chi connectivity index (χ2n) is 8.06. The van der Waals surface area contributed by atoms with Crippen molar-refractivity contribution in [1.29, 1.82) is 0 Å². The Morgan fingerprint density at radius 2 is 1.68 bits per heavy atom. The first-order valence-electron chi connectivity index (χ1n) is 11.1. The van der Waals surface area contributed by atoms with Crippen LogP contribution in [-0.2, 0) is 23.2 Å². The van der Waals surface area contributed by atoms with Gasteiger partial charge in [-0.1, -0.05) is 46.0 Å². The highest BCUT2D eigenvalue weighted by Gasteiger charge is 2.23. The maximum absolute atomic E-state index is 13.0. The Kier molecular flexibility index (Phi) is 11.6. The average molecular weight is 392 g/mol. The Bertz CT molecular complexity index is 580. The number of aromatic nitrogens is 1. The van der Waals surface area contributed by atoms with Gasteiger partial charge in [0, 0.05) is 37.9 Å². The first-order valence-corrected chi connectivity index (χ1v) is 11.1. The van der Waals surface area contributed by atoms with Crippen molar-refractivity contribution < 1.29 is 9.59 Å². The van der Waals surface area contributed by atoms with E-state index < -0.39 is 0 Å². The van der Waals surface area contributed by atoms with Gasteiger partial charge in [-0.25, -0.2) is 0 Å². The zero-order chi connectivity index (χ0) is 20.9. The van der Waals surface area contributed by atoms with Gasteiger partial charge in [0.15, 0.2) is 0 Å². The molecular formula is C23H41N3O2. The van der Waals surface area contributed by atoms with Gasteiger partial charge in [-0.05, 0) is 38.8 Å². The summed E-state index contributed by atoms with van der Waals surface area (Å²) in [5.74, 6) is 0.150. The summed E-state index contributed by atoms with van der Waals surface area (Å²) in [6.07, 6.45) is 10.2. The number of carbonyl (C=O) groups excluding carboxylic acids is 2. The number of carbonyl (C=O) groups is 2. The van der Waals surface area contributed by atoms with E-state index >= 15 is 0 Å². The molecule has 0 atom stereocenters. The normalized spacial score (nSPS) is 11.1. The summed E-state index contributed by atoms with van der Waals surface area (Å²) in [5.41, 5.74) is 1.11. The largest absolute Gasteiger partial charge is 0.353 e. The topological polar surface area (TPSA) is 45.6 Å². The lowest BCUT2D eigenvalue weighted by molar-refractivity contribution is -0.142. The maximum Gasteiger partial charge on any atom is 0.242 e. The van der Waals surface area contributed by atoms with Crippen molar-refractivity contribution in [3.8, 4) is 0 Å². The van der Waals surface area contributed by atoms with E-state index in [0.29, 0.717) is 13.0 Å². The number of hydrogen-bond donors (Lipinski definition) is 0. The fourth-order valence-electron chi connectivity index (χ4n) is 3.33. The average Bonchev–Trinajstić information content (AvgIpc) is 3.06. The molecular weight excluding hydrogens is 350 g/mol. The van der Waals surface area contributed by atoms with E-state index in [-0.39, 0.29) is 24.4 Å². The molecule has 0 spiro atoms. The lowest BCUT2D eigenvalue weighted by atomic mass is 10.1. The molecule has 2 amide bonds. The molecule has 0 radical (unpaired) electrons. The van der Waals surface area contributed by atoms with E-state index in [4.69, 9.17) is 0 Å². The van der Waals surface area contributed by atoms with Crippen LogP contribution in [0.25, 0.3) is 0 Å². The monoisotopic (exact) mass is 391 g/mol. The summed E-state index contributed by atoms with van der Waals surface area (Å²) >= 11 is 0. The Morgan fingerprint density at radius 3 is 2.25 bits per heavy atom. The highest BCUT2D eigenvalue weighted by molar-refractivity contribution is 5.85. The molecule has 0 bridgehead atoms. The molecule has 0 fully saturated rings. The van der Waals surface area contributed by atoms with E-state index in [0.717, 1.165) is 37.9 Å². The second kappa shape index (κ2) is 13.4. The van der Waals surface area contributed by atoms with Gasteiger partial charge in [-0.3, -0.25) is 9.59 Å². The standard InChI is InChI=1S/C23H41N3O2/c1-6-8-10-11-12-15-22(27)26(20(3)4)19-23(28)25(17-9-7-2)18-21-14-13-16-24(21)5/h13-14,16,20H,6-12,15,17-19H2,1-5H3. The van der Waals surface area contributed by atoms with Crippen LogP contribution in [0.2, 0.25) is 0 Å². The van der Waals surface area contributed by atoms with Crippen LogP contribution in [0.1, 0.15) is 84.8 Å². The molecule has 5 nitrogen and oxygen atoms in total. The van der Waals surface area contributed by atoms with E-state index in [1.165, 1.54) is 19.3 Å². The second-order valence-corrected chi connectivity index (χ2v) is 8.06. The minimum Gasteiger partial charge on any atom is -0.353 e. The quantitative estimate of drug-likeness (QED) is 0.430. The molecule has 0 N–H and O–H groups in total. The third-order valence-electron chi connectivity index (χ3n) is 5.28. The number of amides is 2. The van der Waals surface area contributed by atoms with Gasteiger partial charge >= 0.3 is 0 Å². The van der Waals surface area contributed by atoms with Crippen molar-refractivity contribution in [2.75, 3.05) is 13.1 Å². The van der Waals surface area contributed by atoms with Crippen LogP contribution in [0, 0.1) is 0 Å². The number of nitrogens with zero attached hydrogens (tertiary/aromatic N) is 3. The molecule has 1 rings (SSSR count). The zero-order valence-corrected chi connectivity index (χ0v) is 18.7. The third kappa shape index (κ3) is 8.49. The van der Waals surface area contributed by atoms with Gasteiger partial charge in [-0.15, -0.1) is 0 Å². The van der Waals surface area contributed by atoms with Gasteiger partial charge in [0.05, 0.1) is 13.1 Å². The van der Waals surface area contributed by atoms with Crippen LogP contribution in [-0.4, -0.2) is 45.3 Å². The van der Waals surface area contributed by atoms with Crippen molar-refractivity contribution in [1.82, 2.24) is 14.4 Å². The minimum absolute atomic E-state index is 0.0372. The molecule has 0 aliphatic carbocycles. The van der Waals surface area contributed by atoms with Gasteiger partial charge in [0.25, 0.3) is 0 Å². The molecule has 0 aromatic carbocycles. The van der Waals surface area contributed by atoms with E-state index in [1.807, 2.05) is 48.7 Å². The van der Waals surface area contributed by atoms with Crippen molar-refractivity contribution >= 4 is 11.8 Å². The van der Waals surface area contributed by atoms with Crippen LogP contribution in [0.5, 0.6) is 0 Å². The van der Waals surface area contributed by atoms with Crippen molar-refractivity contribution in [3.63, 3.8) is 0 Å². The van der Waals surface area contributed by atoms with Crippen LogP contribution < -0.4 is 0 Å². The predicted molar refractivity (Wildman–Crippen MR) is 116 cm³/mol. The lowest BCUT2D eigenvalue weighted by Gasteiger charge is -2.30. The van der Waals surface area contributed by atoms with Gasteiger partial charge in [-0.2, -0.15) is 0 Å². The smallest absolute Gasteiger partial charge is 0.242 e. The first kappa shape index (κ1) is 24.3. The Labute approximate surface area is 172 Å². The summed E-state index contributed by atoms with van der Waals surface area (Å²) in [6.45, 7) is 9.83. The molecule has 0 aliphatic heterocycles. The molecule has 28 heavy (non-hydrogen) atoms. The summed E-state index contributed by atoms with van der Waals surface area (Å²) in [5, 5.41) is 0. The first-order chi connectivity index (χ1) is 13.4. The molecule has 1 heterocycles. The van der Waals surface area contributed by atoms with Crippen molar-refractivity contribution in [2.24, 2.45) is 7.05 Å². The fraction of sp³-hybridized carbons (Fsp3) is 0.739. The predicted octanol–water partition coefficient (Wildman–Crippen LogP) is 4.75. The molecule has 1 aromatic rings. The number of rotatable bonds is 14. The number of aryl methyl sites for hydroxylation is 1. The van der Waals surface area contributed by atoms with Crippen molar-refractivity contribution in [3.05, 3.63) is 24.0 Å². The van der Waals surface area contributed by atoms with E-state index in [1.54, 1.807) is 4.90 Å². The van der Waals surface area contributed by atoms with Gasteiger partial charge in [0.2, 0.25) is 11.8 Å². The Hall–Kier alpha value is -1.78. The highest BCUT2D eigenvalue weighted by atomic mass is 16.2. The molecule has 0 saturated heterocycles.